The lowest BCUT2D eigenvalue weighted by atomic mass is 9.86. The Labute approximate surface area is 233 Å². The highest BCUT2D eigenvalue weighted by Crippen LogP contribution is 2.31. The van der Waals surface area contributed by atoms with Gasteiger partial charge in [-0.05, 0) is 98.9 Å². The maximum absolute atomic E-state index is 13.4. The van der Waals surface area contributed by atoms with E-state index < -0.39 is 6.09 Å². The minimum absolute atomic E-state index is 0.0258. The van der Waals surface area contributed by atoms with E-state index in [1.807, 2.05) is 36.2 Å². The minimum Gasteiger partial charge on any atom is -0.490 e. The molecule has 2 fully saturated rings. The maximum atomic E-state index is 13.4. The molecule has 7 nitrogen and oxygen atoms in total. The third-order valence-electron chi connectivity index (χ3n) is 8.23. The quantitative estimate of drug-likeness (QED) is 0.444. The van der Waals surface area contributed by atoms with Crippen molar-refractivity contribution in [1.82, 2.24) is 10.2 Å². The highest BCUT2D eigenvalue weighted by atomic mass is 16.5. The number of hydrogen-bond acceptors (Lipinski definition) is 5. The summed E-state index contributed by atoms with van der Waals surface area (Å²) >= 11 is 0. The smallest absolute Gasteiger partial charge is 0.406 e. The SMILES string of the molecule is CNC(=O)OCCc1cccc(OC2CCC(C(=O)N(C)c3ccc(CN4CCC[C@@H](C)C4)c(C)c3)CC2)c1. The number of alkyl carbamates (subject to hydrolysis) is 1. The van der Waals surface area contributed by atoms with Crippen molar-refractivity contribution in [3.63, 3.8) is 0 Å². The van der Waals surface area contributed by atoms with Gasteiger partial charge in [0, 0.05) is 45.2 Å². The van der Waals surface area contributed by atoms with E-state index in [0.29, 0.717) is 13.0 Å². The molecule has 2 aromatic rings. The average molecular weight is 536 g/mol. The molecule has 0 bridgehead atoms. The molecule has 1 aliphatic carbocycles. The number of hydrogen-bond donors (Lipinski definition) is 1. The number of amides is 2. The van der Waals surface area contributed by atoms with Crippen LogP contribution >= 0.6 is 0 Å². The standard InChI is InChI=1S/C32H45N3O4/c1-23-7-6-17-35(21-23)22-27-10-13-28(19-24(27)2)34(4)31(36)26-11-14-29(15-12-26)39-30-9-5-8-25(20-30)16-18-38-32(37)33-3/h5,8-10,13,19-20,23,26,29H,6-7,11-12,14-18,21-22H2,1-4H3,(H,33,37)/t23-,26?,29?/m1/s1. The van der Waals surface area contributed by atoms with Gasteiger partial charge in [-0.2, -0.15) is 0 Å². The zero-order valence-corrected chi connectivity index (χ0v) is 24.1. The van der Waals surface area contributed by atoms with E-state index in [4.69, 9.17) is 9.47 Å². The fraction of sp³-hybridized carbons (Fsp3) is 0.562. The molecule has 1 saturated heterocycles. The summed E-state index contributed by atoms with van der Waals surface area (Å²) < 4.78 is 11.4. The monoisotopic (exact) mass is 535 g/mol. The van der Waals surface area contributed by atoms with Crippen molar-refractivity contribution in [2.75, 3.05) is 38.7 Å². The van der Waals surface area contributed by atoms with Crippen molar-refractivity contribution in [1.29, 1.82) is 0 Å². The Bertz CT molecular complexity index is 1110. The largest absolute Gasteiger partial charge is 0.490 e. The minimum atomic E-state index is -0.422. The third kappa shape index (κ3) is 8.21. The fourth-order valence-electron chi connectivity index (χ4n) is 5.87. The zero-order valence-electron chi connectivity index (χ0n) is 24.1. The molecule has 0 radical (unpaired) electrons. The van der Waals surface area contributed by atoms with Crippen molar-refractivity contribution in [2.24, 2.45) is 11.8 Å². The van der Waals surface area contributed by atoms with Crippen LogP contribution in [0.15, 0.2) is 42.5 Å². The van der Waals surface area contributed by atoms with Crippen molar-refractivity contribution in [3.05, 3.63) is 59.2 Å². The summed E-state index contributed by atoms with van der Waals surface area (Å²) in [5, 5.41) is 2.45. The lowest BCUT2D eigenvalue weighted by molar-refractivity contribution is -0.123. The van der Waals surface area contributed by atoms with Gasteiger partial charge in [0.2, 0.25) is 5.91 Å². The van der Waals surface area contributed by atoms with Gasteiger partial charge in [-0.3, -0.25) is 9.69 Å². The molecular formula is C32H45N3O4. The summed E-state index contributed by atoms with van der Waals surface area (Å²) in [7, 11) is 3.46. The number of aryl methyl sites for hydroxylation is 1. The molecule has 1 heterocycles. The van der Waals surface area contributed by atoms with Crippen molar-refractivity contribution >= 4 is 17.7 Å². The third-order valence-corrected chi connectivity index (χ3v) is 8.23. The molecule has 212 valence electrons. The van der Waals surface area contributed by atoms with Gasteiger partial charge in [-0.15, -0.1) is 0 Å². The Morgan fingerprint density at radius 1 is 1.08 bits per heavy atom. The van der Waals surface area contributed by atoms with Gasteiger partial charge in [0.25, 0.3) is 0 Å². The first kappa shape index (κ1) is 28.9. The van der Waals surface area contributed by atoms with Crippen LogP contribution < -0.4 is 15.0 Å². The molecular weight excluding hydrogens is 490 g/mol. The first-order valence-electron chi connectivity index (χ1n) is 14.5. The number of carbonyl (C=O) groups excluding carboxylic acids is 2. The second kappa shape index (κ2) is 13.8. The summed E-state index contributed by atoms with van der Waals surface area (Å²) in [5.74, 6) is 1.82. The van der Waals surface area contributed by atoms with Crippen LogP contribution in [0.25, 0.3) is 0 Å². The van der Waals surface area contributed by atoms with E-state index >= 15 is 0 Å². The number of anilines is 1. The van der Waals surface area contributed by atoms with E-state index in [0.717, 1.165) is 55.1 Å². The van der Waals surface area contributed by atoms with Gasteiger partial charge in [0.1, 0.15) is 5.75 Å². The highest BCUT2D eigenvalue weighted by molar-refractivity contribution is 5.94. The predicted octanol–water partition coefficient (Wildman–Crippen LogP) is 5.73. The molecule has 0 aromatic heterocycles. The lowest BCUT2D eigenvalue weighted by Crippen LogP contribution is -2.37. The number of ether oxygens (including phenoxy) is 2. The van der Waals surface area contributed by atoms with E-state index in [-0.39, 0.29) is 17.9 Å². The van der Waals surface area contributed by atoms with Crippen LogP contribution in [0, 0.1) is 18.8 Å². The predicted molar refractivity (Wildman–Crippen MR) is 155 cm³/mol. The maximum Gasteiger partial charge on any atom is 0.406 e. The summed E-state index contributed by atoms with van der Waals surface area (Å²) in [6.45, 7) is 8.17. The number of benzene rings is 2. The highest BCUT2D eigenvalue weighted by Gasteiger charge is 2.30. The van der Waals surface area contributed by atoms with Crippen LogP contribution in [0.3, 0.4) is 0 Å². The Kier molecular flexibility index (Phi) is 10.3. The molecule has 39 heavy (non-hydrogen) atoms. The van der Waals surface area contributed by atoms with Crippen molar-refractivity contribution in [2.45, 2.75) is 71.4 Å². The van der Waals surface area contributed by atoms with E-state index in [9.17, 15) is 9.59 Å². The number of likely N-dealkylation sites (tertiary alicyclic amines) is 1. The second-order valence-electron chi connectivity index (χ2n) is 11.4. The first-order chi connectivity index (χ1) is 18.8. The molecule has 2 aliphatic rings. The number of nitrogens with one attached hydrogen (secondary N) is 1. The molecule has 1 aliphatic heterocycles. The normalized spacial score (nSPS) is 21.7. The summed E-state index contributed by atoms with van der Waals surface area (Å²) in [5.41, 5.74) is 4.65. The van der Waals surface area contributed by atoms with Gasteiger partial charge in [0.05, 0.1) is 12.7 Å². The van der Waals surface area contributed by atoms with Gasteiger partial charge < -0.3 is 19.7 Å². The molecule has 7 heteroatoms. The van der Waals surface area contributed by atoms with Crippen LogP contribution in [0.2, 0.25) is 0 Å². The molecule has 1 saturated carbocycles. The van der Waals surface area contributed by atoms with E-state index in [1.165, 1.54) is 37.1 Å². The number of nitrogens with zero attached hydrogens (tertiary/aromatic N) is 2. The molecule has 0 unspecified atom stereocenters. The van der Waals surface area contributed by atoms with Crippen molar-refractivity contribution in [3.8, 4) is 5.75 Å². The Morgan fingerprint density at radius 3 is 2.59 bits per heavy atom. The Balaban J connectivity index is 1.25. The first-order valence-corrected chi connectivity index (χ1v) is 14.5. The lowest BCUT2D eigenvalue weighted by Gasteiger charge is -2.32. The summed E-state index contributed by atoms with van der Waals surface area (Å²) in [6, 6.07) is 14.4. The molecule has 4 rings (SSSR count). The van der Waals surface area contributed by atoms with E-state index in [2.05, 4.69) is 42.3 Å². The molecule has 1 N–H and O–H groups in total. The molecule has 1 atom stereocenters. The van der Waals surface area contributed by atoms with Crippen LogP contribution in [0.5, 0.6) is 5.75 Å². The van der Waals surface area contributed by atoms with E-state index in [1.54, 1.807) is 7.05 Å². The van der Waals surface area contributed by atoms with Crippen LogP contribution in [-0.2, 0) is 22.5 Å². The number of rotatable bonds is 9. The van der Waals surface area contributed by atoms with Gasteiger partial charge in [-0.25, -0.2) is 4.79 Å². The van der Waals surface area contributed by atoms with Gasteiger partial charge in [-0.1, -0.05) is 25.1 Å². The summed E-state index contributed by atoms with van der Waals surface area (Å²) in [6.07, 6.45) is 6.32. The Morgan fingerprint density at radius 2 is 1.87 bits per heavy atom. The average Bonchev–Trinajstić information content (AvgIpc) is 2.94. The molecule has 2 aromatic carbocycles. The van der Waals surface area contributed by atoms with Crippen molar-refractivity contribution < 1.29 is 19.1 Å². The fourth-order valence-corrected chi connectivity index (χ4v) is 5.87. The summed E-state index contributed by atoms with van der Waals surface area (Å²) in [4.78, 5) is 29.0. The van der Waals surface area contributed by atoms with Crippen LogP contribution in [0.1, 0.15) is 62.1 Å². The Hall–Kier alpha value is -3.06. The topological polar surface area (TPSA) is 71.1 Å². The second-order valence-corrected chi connectivity index (χ2v) is 11.4. The van der Waals surface area contributed by atoms with Crippen LogP contribution in [0.4, 0.5) is 10.5 Å². The van der Waals surface area contributed by atoms with Gasteiger partial charge in [0.15, 0.2) is 0 Å². The van der Waals surface area contributed by atoms with Gasteiger partial charge >= 0.3 is 6.09 Å². The number of carbonyl (C=O) groups is 2. The molecule has 0 spiro atoms. The number of piperidine rings is 1. The zero-order chi connectivity index (χ0) is 27.8. The van der Waals surface area contributed by atoms with Crippen LogP contribution in [-0.4, -0.2) is 56.8 Å². The molecule has 2 amide bonds.